The number of hydrogen-bond acceptors (Lipinski definition) is 3. The highest BCUT2D eigenvalue weighted by Crippen LogP contribution is 2.23. The summed E-state index contributed by atoms with van der Waals surface area (Å²) in [6, 6.07) is 0. The molecule has 3 N–H and O–H groups in total. The summed E-state index contributed by atoms with van der Waals surface area (Å²) in [4.78, 5) is 10.8. The van der Waals surface area contributed by atoms with Crippen molar-refractivity contribution >= 4 is 11.8 Å². The zero-order chi connectivity index (χ0) is 11.1. The number of aromatic nitrogens is 2. The Balaban J connectivity index is 3.39. The minimum atomic E-state index is -1.03. The summed E-state index contributed by atoms with van der Waals surface area (Å²) < 4.78 is 1.53. The van der Waals surface area contributed by atoms with Gasteiger partial charge in [0.15, 0.2) is 0 Å². The van der Waals surface area contributed by atoms with Crippen LogP contribution in [0.2, 0.25) is 0 Å². The van der Waals surface area contributed by atoms with E-state index in [9.17, 15) is 4.79 Å². The van der Waals surface area contributed by atoms with Crippen LogP contribution in [0.1, 0.15) is 36.8 Å². The SMILES string of the molecule is Cc1nn(C(C)(C)C)c(N)c1C(=O)O. The van der Waals surface area contributed by atoms with E-state index in [4.69, 9.17) is 10.8 Å². The number of aryl methyl sites for hydroxylation is 1. The number of carboxylic acid groups (broad SMARTS) is 1. The highest BCUT2D eigenvalue weighted by Gasteiger charge is 2.24. The van der Waals surface area contributed by atoms with Crippen molar-refractivity contribution in [1.29, 1.82) is 0 Å². The number of nitrogens with two attached hydrogens (primary N) is 1. The molecule has 5 nitrogen and oxygen atoms in total. The first-order chi connectivity index (χ1) is 6.25. The van der Waals surface area contributed by atoms with E-state index in [1.165, 1.54) is 4.68 Å². The number of carboxylic acids is 1. The van der Waals surface area contributed by atoms with Gasteiger partial charge >= 0.3 is 5.97 Å². The Morgan fingerprint density at radius 1 is 1.50 bits per heavy atom. The monoisotopic (exact) mass is 197 g/mol. The van der Waals surface area contributed by atoms with Crippen molar-refractivity contribution in [3.05, 3.63) is 11.3 Å². The largest absolute Gasteiger partial charge is 0.477 e. The molecule has 0 spiro atoms. The summed E-state index contributed by atoms with van der Waals surface area (Å²) in [5.41, 5.74) is 5.95. The smallest absolute Gasteiger partial charge is 0.341 e. The number of carbonyl (C=O) groups is 1. The van der Waals surface area contributed by atoms with Gasteiger partial charge in [-0.15, -0.1) is 0 Å². The van der Waals surface area contributed by atoms with Gasteiger partial charge in [0.25, 0.3) is 0 Å². The minimum absolute atomic E-state index is 0.0972. The fourth-order valence-electron chi connectivity index (χ4n) is 1.32. The first-order valence-corrected chi connectivity index (χ1v) is 4.34. The van der Waals surface area contributed by atoms with E-state index in [0.717, 1.165) is 0 Å². The van der Waals surface area contributed by atoms with Crippen LogP contribution < -0.4 is 5.73 Å². The number of nitrogens with zero attached hydrogens (tertiary/aromatic N) is 2. The second kappa shape index (κ2) is 3.01. The molecule has 0 amide bonds. The third kappa shape index (κ3) is 1.57. The highest BCUT2D eigenvalue weighted by molar-refractivity contribution is 5.94. The summed E-state index contributed by atoms with van der Waals surface area (Å²) in [5, 5.41) is 13.0. The Morgan fingerprint density at radius 2 is 2.00 bits per heavy atom. The predicted octanol–water partition coefficient (Wildman–Crippen LogP) is 1.23. The second-order valence-corrected chi connectivity index (χ2v) is 4.23. The molecule has 0 unspecified atom stereocenters. The predicted molar refractivity (Wildman–Crippen MR) is 53.3 cm³/mol. The van der Waals surface area contributed by atoms with E-state index in [2.05, 4.69) is 5.10 Å². The fourth-order valence-corrected chi connectivity index (χ4v) is 1.32. The van der Waals surface area contributed by atoms with Crippen molar-refractivity contribution < 1.29 is 9.90 Å². The lowest BCUT2D eigenvalue weighted by Crippen LogP contribution is -2.25. The Labute approximate surface area is 82.5 Å². The van der Waals surface area contributed by atoms with Gasteiger partial charge in [-0.2, -0.15) is 5.10 Å². The van der Waals surface area contributed by atoms with Crippen LogP contribution in [-0.2, 0) is 5.54 Å². The summed E-state index contributed by atoms with van der Waals surface area (Å²) in [5.74, 6) is -0.821. The van der Waals surface area contributed by atoms with Crippen LogP contribution in [0.25, 0.3) is 0 Å². The molecule has 1 aromatic heterocycles. The molecule has 0 aliphatic heterocycles. The van der Waals surface area contributed by atoms with Crippen LogP contribution in [0, 0.1) is 6.92 Å². The minimum Gasteiger partial charge on any atom is -0.477 e. The number of rotatable bonds is 1. The first-order valence-electron chi connectivity index (χ1n) is 4.34. The van der Waals surface area contributed by atoms with Gasteiger partial charge in [0.2, 0.25) is 0 Å². The van der Waals surface area contributed by atoms with Gasteiger partial charge in [0, 0.05) is 0 Å². The highest BCUT2D eigenvalue weighted by atomic mass is 16.4. The van der Waals surface area contributed by atoms with E-state index in [1.54, 1.807) is 6.92 Å². The molecule has 0 aliphatic rings. The van der Waals surface area contributed by atoms with Crippen molar-refractivity contribution in [3.8, 4) is 0 Å². The summed E-state index contributed by atoms with van der Waals surface area (Å²) in [6.07, 6.45) is 0. The number of nitrogen functional groups attached to an aromatic ring is 1. The van der Waals surface area contributed by atoms with Gasteiger partial charge in [-0.1, -0.05) is 0 Å². The molecule has 0 bridgehead atoms. The molecular weight excluding hydrogens is 182 g/mol. The molecule has 0 aliphatic carbocycles. The van der Waals surface area contributed by atoms with Crippen LogP contribution in [0.15, 0.2) is 0 Å². The van der Waals surface area contributed by atoms with Crippen molar-refractivity contribution in [3.63, 3.8) is 0 Å². The molecule has 0 radical (unpaired) electrons. The van der Waals surface area contributed by atoms with Gasteiger partial charge in [-0.05, 0) is 27.7 Å². The van der Waals surface area contributed by atoms with Gasteiger partial charge in [-0.3, -0.25) is 0 Å². The van der Waals surface area contributed by atoms with Crippen molar-refractivity contribution in [2.24, 2.45) is 0 Å². The zero-order valence-corrected chi connectivity index (χ0v) is 8.83. The third-order valence-electron chi connectivity index (χ3n) is 1.95. The normalized spacial score (nSPS) is 11.7. The number of hydrogen-bond donors (Lipinski definition) is 2. The standard InChI is InChI=1S/C9H15N3O2/c1-5-6(8(13)14)7(10)12(11-5)9(2,3)4/h10H2,1-4H3,(H,13,14). The molecule has 0 saturated heterocycles. The van der Waals surface area contributed by atoms with E-state index in [1.807, 2.05) is 20.8 Å². The van der Waals surface area contributed by atoms with Crippen molar-refractivity contribution in [2.75, 3.05) is 5.73 Å². The molecule has 14 heavy (non-hydrogen) atoms. The molecule has 0 aromatic carbocycles. The van der Waals surface area contributed by atoms with Crippen LogP contribution in [0.5, 0.6) is 0 Å². The molecule has 1 rings (SSSR count). The molecule has 1 heterocycles. The summed E-state index contributed by atoms with van der Waals surface area (Å²) >= 11 is 0. The molecule has 0 atom stereocenters. The Morgan fingerprint density at radius 3 is 2.21 bits per heavy atom. The Hall–Kier alpha value is -1.52. The number of aromatic carboxylic acids is 1. The van der Waals surface area contributed by atoms with E-state index in [-0.39, 0.29) is 16.9 Å². The maximum Gasteiger partial charge on any atom is 0.341 e. The van der Waals surface area contributed by atoms with E-state index >= 15 is 0 Å². The quantitative estimate of drug-likeness (QED) is 0.709. The van der Waals surface area contributed by atoms with Crippen LogP contribution in [0.3, 0.4) is 0 Å². The number of anilines is 1. The first kappa shape index (κ1) is 10.6. The lowest BCUT2D eigenvalue weighted by atomic mass is 10.1. The lowest BCUT2D eigenvalue weighted by molar-refractivity contribution is 0.0697. The van der Waals surface area contributed by atoms with E-state index in [0.29, 0.717) is 5.69 Å². The van der Waals surface area contributed by atoms with Crippen molar-refractivity contribution in [2.45, 2.75) is 33.2 Å². The second-order valence-electron chi connectivity index (χ2n) is 4.23. The molecule has 5 heteroatoms. The Kier molecular flexibility index (Phi) is 2.27. The van der Waals surface area contributed by atoms with Crippen LogP contribution >= 0.6 is 0 Å². The van der Waals surface area contributed by atoms with Gasteiger partial charge in [-0.25, -0.2) is 9.48 Å². The molecule has 0 saturated carbocycles. The van der Waals surface area contributed by atoms with Crippen LogP contribution in [0.4, 0.5) is 5.82 Å². The Bertz CT molecular complexity index is 374. The maximum atomic E-state index is 10.8. The fraction of sp³-hybridized carbons (Fsp3) is 0.556. The average molecular weight is 197 g/mol. The zero-order valence-electron chi connectivity index (χ0n) is 8.83. The summed E-state index contributed by atoms with van der Waals surface area (Å²) in [6.45, 7) is 7.40. The molecule has 1 aromatic rings. The third-order valence-corrected chi connectivity index (χ3v) is 1.95. The van der Waals surface area contributed by atoms with Gasteiger partial charge < -0.3 is 10.8 Å². The molecule has 0 fully saturated rings. The maximum absolute atomic E-state index is 10.8. The molecule has 78 valence electrons. The molecular formula is C9H15N3O2. The van der Waals surface area contributed by atoms with Crippen LogP contribution in [-0.4, -0.2) is 20.9 Å². The summed E-state index contributed by atoms with van der Waals surface area (Å²) in [7, 11) is 0. The van der Waals surface area contributed by atoms with Gasteiger partial charge in [0.05, 0.1) is 11.2 Å². The average Bonchev–Trinajstić information content (AvgIpc) is 2.24. The lowest BCUT2D eigenvalue weighted by Gasteiger charge is -2.20. The van der Waals surface area contributed by atoms with Crippen molar-refractivity contribution in [1.82, 2.24) is 9.78 Å². The van der Waals surface area contributed by atoms with E-state index < -0.39 is 5.97 Å². The topological polar surface area (TPSA) is 81.1 Å². The van der Waals surface area contributed by atoms with Gasteiger partial charge in [0.1, 0.15) is 11.4 Å².